The molecular weight excluding hydrogens is 344 g/mol. The van der Waals surface area contributed by atoms with Gasteiger partial charge in [0.2, 0.25) is 5.88 Å². The second-order valence-corrected chi connectivity index (χ2v) is 4.00. The number of alkyl halides is 7. The Labute approximate surface area is 125 Å². The number of esters is 1. The number of hydrogen-bond acceptors (Lipinski definition) is 4. The topological polar surface area (TPSA) is 48.4 Å². The number of nitrogens with zero attached hydrogens (tertiary/aromatic N) is 1. The van der Waals surface area contributed by atoms with E-state index in [1.165, 1.54) is 6.92 Å². The van der Waals surface area contributed by atoms with Crippen LogP contribution in [0.15, 0.2) is 6.07 Å². The fourth-order valence-corrected chi connectivity index (χ4v) is 1.69. The Bertz CT molecular complexity index is 558. The first-order valence-electron chi connectivity index (χ1n) is 5.59. The van der Waals surface area contributed by atoms with Gasteiger partial charge < -0.3 is 9.47 Å². The molecule has 0 aliphatic rings. The van der Waals surface area contributed by atoms with Gasteiger partial charge >= 0.3 is 18.5 Å². The minimum Gasteiger partial charge on any atom is -0.462 e. The molecule has 0 atom stereocenters. The molecule has 0 fully saturated rings. The van der Waals surface area contributed by atoms with E-state index in [1.807, 2.05) is 0 Å². The summed E-state index contributed by atoms with van der Waals surface area (Å²) in [7, 11) is 0. The number of aromatic nitrogens is 1. The molecule has 22 heavy (non-hydrogen) atoms. The van der Waals surface area contributed by atoms with Gasteiger partial charge in [0.15, 0.2) is 0 Å². The molecule has 124 valence electrons. The number of halogens is 7. The fourth-order valence-electron chi connectivity index (χ4n) is 1.49. The van der Waals surface area contributed by atoms with Crippen LogP contribution in [-0.2, 0) is 16.8 Å². The Balaban J connectivity index is 3.51. The summed E-state index contributed by atoms with van der Waals surface area (Å²) in [4.78, 5) is 14.8. The summed E-state index contributed by atoms with van der Waals surface area (Å²) >= 11 is 5.37. The third-order valence-corrected chi connectivity index (χ3v) is 2.46. The highest BCUT2D eigenvalue weighted by Crippen LogP contribution is 2.37. The third kappa shape index (κ3) is 4.65. The van der Waals surface area contributed by atoms with Crippen molar-refractivity contribution < 1.29 is 40.6 Å². The van der Waals surface area contributed by atoms with Crippen LogP contribution in [0.2, 0.25) is 0 Å². The van der Waals surface area contributed by atoms with E-state index in [1.54, 1.807) is 0 Å². The van der Waals surface area contributed by atoms with Crippen LogP contribution in [0.3, 0.4) is 0 Å². The molecule has 1 aromatic rings. The van der Waals surface area contributed by atoms with Crippen LogP contribution in [0.1, 0.15) is 28.5 Å². The van der Waals surface area contributed by atoms with E-state index in [0.29, 0.717) is 0 Å². The molecule has 0 bridgehead atoms. The summed E-state index contributed by atoms with van der Waals surface area (Å²) < 4.78 is 83.0. The highest BCUT2D eigenvalue weighted by atomic mass is 35.5. The number of carbonyl (C=O) groups is 1. The van der Waals surface area contributed by atoms with Gasteiger partial charge in [0.1, 0.15) is 0 Å². The molecular formula is C11H8ClF6NO3. The molecule has 0 saturated heterocycles. The average molecular weight is 352 g/mol. The molecule has 0 aliphatic carbocycles. The van der Waals surface area contributed by atoms with Crippen molar-refractivity contribution in [1.82, 2.24) is 4.98 Å². The van der Waals surface area contributed by atoms with Gasteiger partial charge in [-0.05, 0) is 6.92 Å². The summed E-state index contributed by atoms with van der Waals surface area (Å²) in [5, 5.41) is 0. The molecule has 1 heterocycles. The van der Waals surface area contributed by atoms with Gasteiger partial charge in [-0.2, -0.15) is 13.2 Å². The van der Waals surface area contributed by atoms with Crippen molar-refractivity contribution in [3.63, 3.8) is 0 Å². The lowest BCUT2D eigenvalue weighted by Gasteiger charge is -2.17. The molecule has 1 aromatic heterocycles. The normalized spacial score (nSPS) is 12.2. The summed E-state index contributed by atoms with van der Waals surface area (Å²) in [6.07, 6.45) is -10.4. The Morgan fingerprint density at radius 2 is 1.86 bits per heavy atom. The first-order valence-corrected chi connectivity index (χ1v) is 6.13. The van der Waals surface area contributed by atoms with Gasteiger partial charge in [-0.15, -0.1) is 24.8 Å². The van der Waals surface area contributed by atoms with E-state index in [0.717, 1.165) is 0 Å². The first-order chi connectivity index (χ1) is 9.99. The van der Waals surface area contributed by atoms with E-state index in [2.05, 4.69) is 14.5 Å². The Morgan fingerprint density at radius 1 is 1.27 bits per heavy atom. The van der Waals surface area contributed by atoms with Crippen LogP contribution < -0.4 is 4.74 Å². The number of ether oxygens (including phenoxy) is 2. The third-order valence-electron chi connectivity index (χ3n) is 2.20. The standard InChI is InChI=1S/C11H8ClF6NO3/c1-2-21-9(20)8-5(10(13,14)15)3-7(19-6(8)4-12)22-11(16,17)18/h3H,2,4H2,1H3. The number of pyridine rings is 1. The van der Waals surface area contributed by atoms with Crippen molar-refractivity contribution in [2.75, 3.05) is 6.61 Å². The van der Waals surface area contributed by atoms with Crippen LogP contribution in [0.4, 0.5) is 26.3 Å². The molecule has 4 nitrogen and oxygen atoms in total. The van der Waals surface area contributed by atoms with E-state index >= 15 is 0 Å². The molecule has 0 unspecified atom stereocenters. The second-order valence-electron chi connectivity index (χ2n) is 3.73. The molecule has 0 saturated carbocycles. The number of carbonyl (C=O) groups excluding carboxylic acids is 1. The van der Waals surface area contributed by atoms with Crippen LogP contribution in [0.5, 0.6) is 5.88 Å². The largest absolute Gasteiger partial charge is 0.574 e. The van der Waals surface area contributed by atoms with E-state index in [-0.39, 0.29) is 12.7 Å². The molecule has 0 amide bonds. The molecule has 0 spiro atoms. The number of hydrogen-bond donors (Lipinski definition) is 0. The van der Waals surface area contributed by atoms with Crippen molar-refractivity contribution in [3.8, 4) is 5.88 Å². The summed E-state index contributed by atoms with van der Waals surface area (Å²) in [6, 6.07) is -0.0320. The lowest BCUT2D eigenvalue weighted by atomic mass is 10.1. The molecule has 0 aliphatic heterocycles. The van der Waals surface area contributed by atoms with Gasteiger partial charge in [-0.1, -0.05) is 0 Å². The Kier molecular flexibility index (Phi) is 5.49. The summed E-state index contributed by atoms with van der Waals surface area (Å²) in [5.74, 6) is -3.51. The Hall–Kier alpha value is -1.71. The predicted molar refractivity (Wildman–Crippen MR) is 61.4 cm³/mol. The van der Waals surface area contributed by atoms with Crippen LogP contribution in [-0.4, -0.2) is 23.9 Å². The maximum atomic E-state index is 13.0. The molecule has 0 aromatic carbocycles. The van der Waals surface area contributed by atoms with Gasteiger partial charge in [0.05, 0.1) is 29.3 Å². The van der Waals surface area contributed by atoms with Gasteiger partial charge in [-0.25, -0.2) is 9.78 Å². The smallest absolute Gasteiger partial charge is 0.462 e. The van der Waals surface area contributed by atoms with E-state index < -0.39 is 47.1 Å². The summed E-state index contributed by atoms with van der Waals surface area (Å²) in [6.45, 7) is 1.11. The number of rotatable bonds is 4. The SMILES string of the molecule is CCOC(=O)c1c(C(F)(F)F)cc(OC(F)(F)F)nc1CCl. The summed E-state index contributed by atoms with van der Waals surface area (Å²) in [5.41, 5.74) is -3.44. The van der Waals surface area contributed by atoms with Crippen molar-refractivity contribution in [2.24, 2.45) is 0 Å². The van der Waals surface area contributed by atoms with E-state index in [4.69, 9.17) is 11.6 Å². The predicted octanol–water partition coefficient (Wildman–Crippen LogP) is 3.91. The average Bonchev–Trinajstić information content (AvgIpc) is 2.34. The van der Waals surface area contributed by atoms with Crippen LogP contribution >= 0.6 is 11.6 Å². The monoisotopic (exact) mass is 351 g/mol. The van der Waals surface area contributed by atoms with E-state index in [9.17, 15) is 31.1 Å². The highest BCUT2D eigenvalue weighted by Gasteiger charge is 2.40. The zero-order valence-electron chi connectivity index (χ0n) is 10.8. The lowest BCUT2D eigenvalue weighted by Crippen LogP contribution is -2.22. The van der Waals surface area contributed by atoms with Gasteiger partial charge in [0.25, 0.3) is 0 Å². The zero-order valence-corrected chi connectivity index (χ0v) is 11.6. The molecule has 1 rings (SSSR count). The minimum absolute atomic E-state index is 0.0320. The molecule has 0 radical (unpaired) electrons. The fraction of sp³-hybridized carbons (Fsp3) is 0.455. The zero-order chi connectivity index (χ0) is 17.1. The van der Waals surface area contributed by atoms with Crippen LogP contribution in [0, 0.1) is 0 Å². The quantitative estimate of drug-likeness (QED) is 0.469. The van der Waals surface area contributed by atoms with Gasteiger partial charge in [0, 0.05) is 6.07 Å². The second kappa shape index (κ2) is 6.59. The lowest BCUT2D eigenvalue weighted by molar-refractivity contribution is -0.276. The minimum atomic E-state index is -5.25. The van der Waals surface area contributed by atoms with Crippen LogP contribution in [0.25, 0.3) is 0 Å². The van der Waals surface area contributed by atoms with Crippen molar-refractivity contribution in [1.29, 1.82) is 0 Å². The maximum absolute atomic E-state index is 13.0. The molecule has 0 N–H and O–H groups in total. The highest BCUT2D eigenvalue weighted by molar-refractivity contribution is 6.17. The molecule has 11 heteroatoms. The first kappa shape index (κ1) is 18.3. The maximum Gasteiger partial charge on any atom is 0.574 e. The van der Waals surface area contributed by atoms with Crippen molar-refractivity contribution in [2.45, 2.75) is 25.3 Å². The van der Waals surface area contributed by atoms with Crippen molar-refractivity contribution in [3.05, 3.63) is 22.9 Å². The van der Waals surface area contributed by atoms with Crippen molar-refractivity contribution >= 4 is 17.6 Å². The van der Waals surface area contributed by atoms with Gasteiger partial charge in [-0.3, -0.25) is 0 Å². The Morgan fingerprint density at radius 3 is 2.27 bits per heavy atom.